The standard InChI is InChI=1S/C25H30N4O2S/c30-23-25(15-19-5-2-1-3-6-19,21-8-12-28(13-9-21)22-10-14-32-18-22)27-24(31)29(23)17-20-7-4-11-26-16-20/h1-7,11,16,21-22H,8-10,12-15,17-18H2,(H,27,31)/t22-,25+/m0/s1. The van der Waals surface area contributed by atoms with Gasteiger partial charge in [0, 0.05) is 30.6 Å². The van der Waals surface area contributed by atoms with E-state index in [1.54, 1.807) is 12.4 Å². The fourth-order valence-corrected chi connectivity index (χ4v) is 6.74. The highest BCUT2D eigenvalue weighted by molar-refractivity contribution is 7.99. The van der Waals surface area contributed by atoms with Gasteiger partial charge in [-0.25, -0.2) is 4.79 Å². The number of nitrogens with one attached hydrogen (secondary N) is 1. The van der Waals surface area contributed by atoms with E-state index >= 15 is 0 Å². The number of urea groups is 1. The summed E-state index contributed by atoms with van der Waals surface area (Å²) in [6.45, 7) is 2.25. The molecule has 0 saturated carbocycles. The molecule has 3 saturated heterocycles. The van der Waals surface area contributed by atoms with Crippen molar-refractivity contribution < 1.29 is 9.59 Å². The minimum absolute atomic E-state index is 0.0925. The summed E-state index contributed by atoms with van der Waals surface area (Å²) in [6.07, 6.45) is 7.08. The number of carbonyl (C=O) groups excluding carboxylic acids is 2. The van der Waals surface area contributed by atoms with Crippen molar-refractivity contribution in [2.45, 2.75) is 43.8 Å². The van der Waals surface area contributed by atoms with Crippen LogP contribution in [0.15, 0.2) is 54.9 Å². The Balaban J connectivity index is 1.39. The second-order valence-corrected chi connectivity index (χ2v) is 10.3. The Kier molecular flexibility index (Phi) is 6.20. The molecule has 2 atom stereocenters. The number of hydrogen-bond donors (Lipinski definition) is 1. The number of nitrogens with zero attached hydrogens (tertiary/aromatic N) is 3. The number of piperidine rings is 1. The van der Waals surface area contributed by atoms with Gasteiger partial charge >= 0.3 is 6.03 Å². The van der Waals surface area contributed by atoms with Gasteiger partial charge in [-0.15, -0.1) is 0 Å². The molecule has 0 spiro atoms. The van der Waals surface area contributed by atoms with Crippen molar-refractivity contribution in [3.05, 3.63) is 66.0 Å². The summed E-state index contributed by atoms with van der Waals surface area (Å²) in [5.41, 5.74) is 1.07. The number of amides is 3. The smallest absolute Gasteiger partial charge is 0.322 e. The number of imide groups is 1. The Morgan fingerprint density at radius 2 is 1.81 bits per heavy atom. The lowest BCUT2D eigenvalue weighted by atomic mass is 9.73. The van der Waals surface area contributed by atoms with Crippen LogP contribution in [0.2, 0.25) is 0 Å². The minimum atomic E-state index is -0.878. The first-order chi connectivity index (χ1) is 15.7. The van der Waals surface area contributed by atoms with Crippen LogP contribution in [-0.4, -0.2) is 62.9 Å². The summed E-state index contributed by atoms with van der Waals surface area (Å²) in [4.78, 5) is 35.1. The zero-order valence-electron chi connectivity index (χ0n) is 18.3. The van der Waals surface area contributed by atoms with Gasteiger partial charge in [0.1, 0.15) is 5.54 Å². The zero-order chi connectivity index (χ0) is 22.0. The van der Waals surface area contributed by atoms with E-state index in [2.05, 4.69) is 27.3 Å². The molecule has 3 amide bonds. The minimum Gasteiger partial charge on any atom is -0.322 e. The number of likely N-dealkylation sites (tertiary alicyclic amines) is 1. The first kappa shape index (κ1) is 21.5. The van der Waals surface area contributed by atoms with Crippen molar-refractivity contribution in [1.29, 1.82) is 0 Å². The van der Waals surface area contributed by atoms with Crippen molar-refractivity contribution in [3.8, 4) is 0 Å². The van der Waals surface area contributed by atoms with E-state index in [-0.39, 0.29) is 24.4 Å². The second-order valence-electron chi connectivity index (χ2n) is 9.14. The normalized spacial score (nSPS) is 27.1. The summed E-state index contributed by atoms with van der Waals surface area (Å²) < 4.78 is 0. The lowest BCUT2D eigenvalue weighted by molar-refractivity contribution is -0.134. The Hall–Kier alpha value is -2.38. The van der Waals surface area contributed by atoms with Crippen LogP contribution in [0.4, 0.5) is 4.79 Å². The van der Waals surface area contributed by atoms with Crippen molar-refractivity contribution >= 4 is 23.7 Å². The number of aromatic nitrogens is 1. The molecular weight excluding hydrogens is 420 g/mol. The van der Waals surface area contributed by atoms with Crippen LogP contribution in [0.25, 0.3) is 0 Å². The molecule has 4 heterocycles. The van der Waals surface area contributed by atoms with E-state index in [1.807, 2.05) is 42.1 Å². The van der Waals surface area contributed by atoms with Gasteiger partial charge in [0.05, 0.1) is 6.54 Å². The number of rotatable bonds is 6. The van der Waals surface area contributed by atoms with Crippen LogP contribution in [0.1, 0.15) is 30.4 Å². The third kappa shape index (κ3) is 4.16. The predicted octanol–water partition coefficient (Wildman–Crippen LogP) is 3.33. The van der Waals surface area contributed by atoms with Gasteiger partial charge in [-0.1, -0.05) is 36.4 Å². The first-order valence-corrected chi connectivity index (χ1v) is 12.7. The molecule has 6 nitrogen and oxygen atoms in total. The number of thioether (sulfide) groups is 1. The monoisotopic (exact) mass is 450 g/mol. The average Bonchev–Trinajstić information content (AvgIpc) is 3.45. The van der Waals surface area contributed by atoms with Crippen molar-refractivity contribution in [3.63, 3.8) is 0 Å². The molecule has 0 aliphatic carbocycles. The van der Waals surface area contributed by atoms with Crippen LogP contribution in [0.3, 0.4) is 0 Å². The van der Waals surface area contributed by atoms with Gasteiger partial charge in [-0.05, 0) is 61.2 Å². The third-order valence-electron chi connectivity index (χ3n) is 7.24. The summed E-state index contributed by atoms with van der Waals surface area (Å²) in [7, 11) is 0. The highest BCUT2D eigenvalue weighted by Crippen LogP contribution is 2.38. The maximum Gasteiger partial charge on any atom is 0.325 e. The number of benzene rings is 1. The van der Waals surface area contributed by atoms with Gasteiger partial charge in [0.25, 0.3) is 5.91 Å². The summed E-state index contributed by atoms with van der Waals surface area (Å²) in [6, 6.07) is 14.2. The largest absolute Gasteiger partial charge is 0.325 e. The van der Waals surface area contributed by atoms with Gasteiger partial charge < -0.3 is 5.32 Å². The van der Waals surface area contributed by atoms with E-state index in [0.717, 1.165) is 37.1 Å². The maximum atomic E-state index is 13.9. The number of carbonyl (C=O) groups is 2. The number of pyridine rings is 1. The van der Waals surface area contributed by atoms with E-state index in [0.29, 0.717) is 12.5 Å². The van der Waals surface area contributed by atoms with Crippen molar-refractivity contribution in [2.24, 2.45) is 5.92 Å². The molecule has 1 aromatic heterocycles. The molecule has 5 rings (SSSR count). The first-order valence-electron chi connectivity index (χ1n) is 11.5. The SMILES string of the molecule is O=C1N[C@](Cc2ccccc2)(C2CCN([C@H]3CCSC3)CC2)C(=O)N1Cc1cccnc1. The zero-order valence-corrected chi connectivity index (χ0v) is 19.1. The van der Waals surface area contributed by atoms with Crippen molar-refractivity contribution in [2.75, 3.05) is 24.6 Å². The average molecular weight is 451 g/mol. The molecule has 3 aliphatic rings. The molecule has 1 N–H and O–H groups in total. The fraction of sp³-hybridized carbons (Fsp3) is 0.480. The fourth-order valence-electron chi connectivity index (χ4n) is 5.49. The van der Waals surface area contributed by atoms with Crippen molar-refractivity contribution in [1.82, 2.24) is 20.1 Å². The molecular formula is C25H30N4O2S. The summed E-state index contributed by atoms with van der Waals surface area (Å²) in [5.74, 6) is 2.50. The molecule has 1 aromatic carbocycles. The highest BCUT2D eigenvalue weighted by atomic mass is 32.2. The second kappa shape index (κ2) is 9.24. The van der Waals surface area contributed by atoms with E-state index < -0.39 is 5.54 Å². The van der Waals surface area contributed by atoms with Gasteiger partial charge in [-0.3, -0.25) is 19.6 Å². The Bertz CT molecular complexity index is 943. The van der Waals surface area contributed by atoms with Gasteiger partial charge in [0.15, 0.2) is 0 Å². The molecule has 168 valence electrons. The molecule has 2 aromatic rings. The lowest BCUT2D eigenvalue weighted by Crippen LogP contribution is -2.58. The molecule has 0 bridgehead atoms. The van der Waals surface area contributed by atoms with E-state index in [9.17, 15) is 9.59 Å². The quantitative estimate of drug-likeness (QED) is 0.684. The van der Waals surface area contributed by atoms with Crippen LogP contribution < -0.4 is 5.32 Å². The maximum absolute atomic E-state index is 13.9. The highest BCUT2D eigenvalue weighted by Gasteiger charge is 2.56. The Morgan fingerprint density at radius 3 is 2.50 bits per heavy atom. The summed E-state index contributed by atoms with van der Waals surface area (Å²) in [5, 5.41) is 3.18. The molecule has 32 heavy (non-hydrogen) atoms. The topological polar surface area (TPSA) is 65.5 Å². The predicted molar refractivity (Wildman–Crippen MR) is 126 cm³/mol. The Labute approximate surface area is 193 Å². The van der Waals surface area contributed by atoms with Crippen LogP contribution in [0.5, 0.6) is 0 Å². The molecule has 7 heteroatoms. The van der Waals surface area contributed by atoms with Gasteiger partial charge in [0.2, 0.25) is 0 Å². The van der Waals surface area contributed by atoms with Gasteiger partial charge in [-0.2, -0.15) is 11.8 Å². The Morgan fingerprint density at radius 1 is 1.03 bits per heavy atom. The van der Waals surface area contributed by atoms with Crippen LogP contribution in [-0.2, 0) is 17.8 Å². The molecule has 3 aliphatic heterocycles. The van der Waals surface area contributed by atoms with Crippen LogP contribution >= 0.6 is 11.8 Å². The number of hydrogen-bond acceptors (Lipinski definition) is 5. The molecule has 0 unspecified atom stereocenters. The molecule has 3 fully saturated rings. The molecule has 0 radical (unpaired) electrons. The van der Waals surface area contributed by atoms with E-state index in [1.165, 1.54) is 22.8 Å². The third-order valence-corrected chi connectivity index (χ3v) is 8.38. The van der Waals surface area contributed by atoms with Crippen LogP contribution in [0, 0.1) is 5.92 Å². The lowest BCUT2D eigenvalue weighted by Gasteiger charge is -2.42. The summed E-state index contributed by atoms with van der Waals surface area (Å²) >= 11 is 2.04. The van der Waals surface area contributed by atoms with E-state index in [4.69, 9.17) is 0 Å².